The van der Waals surface area contributed by atoms with Crippen LogP contribution in [0.3, 0.4) is 0 Å². The van der Waals surface area contributed by atoms with E-state index in [-0.39, 0.29) is 34.9 Å². The molecule has 0 fully saturated rings. The highest BCUT2D eigenvalue weighted by atomic mass is 19.4. The highest BCUT2D eigenvalue weighted by Crippen LogP contribution is 2.37. The summed E-state index contributed by atoms with van der Waals surface area (Å²) >= 11 is 0. The number of nitrogens with zero attached hydrogens (tertiary/aromatic N) is 6. The quantitative estimate of drug-likeness (QED) is 0.0859. The summed E-state index contributed by atoms with van der Waals surface area (Å²) in [5.41, 5.74) is 0.787. The Labute approximate surface area is 251 Å². The van der Waals surface area contributed by atoms with Crippen LogP contribution in [-0.4, -0.2) is 69.5 Å². The summed E-state index contributed by atoms with van der Waals surface area (Å²) in [6.45, 7) is 2.51. The van der Waals surface area contributed by atoms with E-state index in [2.05, 4.69) is 20.2 Å². The van der Waals surface area contributed by atoms with Crippen molar-refractivity contribution in [3.05, 3.63) is 95.7 Å². The number of carbonyl (C=O) groups is 1. The number of pyridine rings is 1. The van der Waals surface area contributed by atoms with Gasteiger partial charge in [0.2, 0.25) is 0 Å². The van der Waals surface area contributed by atoms with Crippen molar-refractivity contribution >= 4 is 5.97 Å². The lowest BCUT2D eigenvalue weighted by Gasteiger charge is -2.24. The zero-order valence-electron chi connectivity index (χ0n) is 24.6. The van der Waals surface area contributed by atoms with Crippen LogP contribution < -0.4 is 0 Å². The van der Waals surface area contributed by atoms with Crippen molar-refractivity contribution in [1.82, 2.24) is 24.7 Å². The van der Waals surface area contributed by atoms with Gasteiger partial charge in [0.15, 0.2) is 11.9 Å². The summed E-state index contributed by atoms with van der Waals surface area (Å²) in [5, 5.41) is 8.27. The van der Waals surface area contributed by atoms with Gasteiger partial charge < -0.3 is 13.8 Å². The molecule has 3 aromatic rings. The lowest BCUT2D eigenvalue weighted by molar-refractivity contribution is -0.870. The fourth-order valence-corrected chi connectivity index (χ4v) is 4.78. The van der Waals surface area contributed by atoms with Gasteiger partial charge in [0.05, 0.1) is 62.5 Å². The van der Waals surface area contributed by atoms with E-state index in [4.69, 9.17) is 4.74 Å². The number of halogens is 4. The maximum Gasteiger partial charge on any atom is 0.417 e. The molecule has 228 valence electrons. The number of benzene rings is 2. The predicted molar refractivity (Wildman–Crippen MR) is 156 cm³/mol. The molecule has 2 aliphatic heterocycles. The van der Waals surface area contributed by atoms with Crippen molar-refractivity contribution in [3.8, 4) is 34.0 Å². The molecule has 2 aromatic carbocycles. The number of quaternary nitrogens is 1. The van der Waals surface area contributed by atoms with Gasteiger partial charge in [-0.15, -0.1) is 0 Å². The zero-order valence-corrected chi connectivity index (χ0v) is 24.6. The molecule has 3 heterocycles. The zero-order chi connectivity index (χ0) is 31.6. The molecule has 0 saturated heterocycles. The number of alkyl halides is 3. The second-order valence-electron chi connectivity index (χ2n) is 11.5. The molecule has 8 nitrogen and oxygen atoms in total. The summed E-state index contributed by atoms with van der Waals surface area (Å²) in [6, 6.07) is 13.5. The van der Waals surface area contributed by atoms with Crippen molar-refractivity contribution in [2.75, 3.05) is 34.3 Å². The van der Waals surface area contributed by atoms with Gasteiger partial charge >= 0.3 is 12.1 Å². The molecule has 0 N–H and O–H groups in total. The molecule has 5 rings (SSSR count). The van der Waals surface area contributed by atoms with E-state index < -0.39 is 29.6 Å². The van der Waals surface area contributed by atoms with Gasteiger partial charge in [-0.25, -0.2) is 19.2 Å². The van der Waals surface area contributed by atoms with E-state index >= 15 is 0 Å². The third kappa shape index (κ3) is 6.91. The number of hydrogen-bond donors (Lipinski definition) is 0. The lowest BCUT2D eigenvalue weighted by atomic mass is 10.0. The van der Waals surface area contributed by atoms with Crippen LogP contribution >= 0.6 is 0 Å². The van der Waals surface area contributed by atoms with Crippen LogP contribution in [0.2, 0.25) is 0 Å². The molecule has 1 atom stereocenters. The van der Waals surface area contributed by atoms with Crippen molar-refractivity contribution in [3.63, 3.8) is 0 Å². The summed E-state index contributed by atoms with van der Waals surface area (Å²) in [7, 11) is 6.09. The Bertz CT molecular complexity index is 1750. The first-order chi connectivity index (χ1) is 20.8. The standard InChI is InChI=1S/C32H31F4N6O2/c1-20-10-11-21(23(18-20)32(34,35)36)25-12-13-27(40-39-25)29(31(43)44-17-7-16-42(2,3)4)41-15-14-26-28(19-41)38-30(37-26)22-8-5-6-9-24(22)33/h5-6,8-15,18-19,29H,7,16-17H2,1-4H3/q+1. The first-order valence-corrected chi connectivity index (χ1v) is 13.9. The fraction of sp³-hybridized carbons (Fsp3) is 0.281. The molecule has 0 radical (unpaired) electrons. The van der Waals surface area contributed by atoms with Gasteiger partial charge in [0, 0.05) is 24.4 Å². The topological polar surface area (TPSA) is 82.8 Å². The molecule has 1 aromatic heterocycles. The molecule has 0 saturated carbocycles. The second kappa shape index (κ2) is 12.1. The van der Waals surface area contributed by atoms with E-state index in [1.165, 1.54) is 28.8 Å². The average Bonchev–Trinajstić information content (AvgIpc) is 3.38. The smallest absolute Gasteiger partial charge is 0.417 e. The van der Waals surface area contributed by atoms with E-state index in [1.54, 1.807) is 49.6 Å². The van der Waals surface area contributed by atoms with Crippen LogP contribution in [0.25, 0.3) is 34.0 Å². The maximum absolute atomic E-state index is 14.4. The van der Waals surface area contributed by atoms with E-state index in [0.717, 1.165) is 12.6 Å². The number of aryl methyl sites for hydroxylation is 1. The third-order valence-electron chi connectivity index (χ3n) is 6.97. The molecular formula is C32H31F4N6O2+. The van der Waals surface area contributed by atoms with Crippen LogP contribution in [0.4, 0.5) is 17.6 Å². The Hall–Kier alpha value is -4.71. The minimum absolute atomic E-state index is 0.00743. The summed E-state index contributed by atoms with van der Waals surface area (Å²) in [6.07, 6.45) is -0.809. The lowest BCUT2D eigenvalue weighted by Crippen LogP contribution is -2.36. The van der Waals surface area contributed by atoms with Crippen molar-refractivity contribution < 1.29 is 31.6 Å². The van der Waals surface area contributed by atoms with Crippen LogP contribution in [-0.2, 0) is 15.7 Å². The summed E-state index contributed by atoms with van der Waals surface area (Å²) < 4.78 is 63.6. The Kier molecular flexibility index (Phi) is 8.46. The number of carbonyl (C=O) groups excluding carboxylic acids is 1. The first-order valence-electron chi connectivity index (χ1n) is 13.9. The first kappa shape index (κ1) is 30.7. The van der Waals surface area contributed by atoms with E-state index in [0.29, 0.717) is 27.9 Å². The Morgan fingerprint density at radius 3 is 2.36 bits per heavy atom. The number of esters is 1. The minimum Gasteiger partial charge on any atom is -0.464 e. The largest absolute Gasteiger partial charge is 0.464 e. The Morgan fingerprint density at radius 1 is 0.932 bits per heavy atom. The van der Waals surface area contributed by atoms with E-state index in [1.807, 2.05) is 21.1 Å². The van der Waals surface area contributed by atoms with Crippen LogP contribution in [0.1, 0.15) is 29.3 Å². The van der Waals surface area contributed by atoms with Crippen LogP contribution in [0.15, 0.2) is 73.1 Å². The minimum atomic E-state index is -4.59. The molecule has 1 unspecified atom stereocenters. The molecule has 44 heavy (non-hydrogen) atoms. The number of imidazole rings is 1. The SMILES string of the molecule is Cc1ccc(-c2ccc(C(C(=O)OCCC[N+](C)(C)C)n3ccc4nc(-c5ccccc5F)nc-4c3)nn2)c(C(F)(F)F)c1. The Balaban J connectivity index is 1.51. The molecule has 0 bridgehead atoms. The van der Waals surface area contributed by atoms with Crippen molar-refractivity contribution in [2.45, 2.75) is 25.6 Å². The second-order valence-corrected chi connectivity index (χ2v) is 11.5. The highest BCUT2D eigenvalue weighted by molar-refractivity contribution is 5.78. The molecule has 0 spiro atoms. The van der Waals surface area contributed by atoms with Crippen molar-refractivity contribution in [1.29, 1.82) is 0 Å². The van der Waals surface area contributed by atoms with Crippen LogP contribution in [0.5, 0.6) is 0 Å². The number of hydrogen-bond acceptors (Lipinski definition) is 6. The monoisotopic (exact) mass is 607 g/mol. The third-order valence-corrected chi connectivity index (χ3v) is 6.97. The summed E-state index contributed by atoms with van der Waals surface area (Å²) in [4.78, 5) is 22.4. The number of fused-ring (bicyclic) bond motifs is 1. The number of aromatic nitrogens is 5. The maximum atomic E-state index is 14.4. The van der Waals surface area contributed by atoms with Gasteiger partial charge in [-0.05, 0) is 43.3 Å². The van der Waals surface area contributed by atoms with Crippen LogP contribution in [0, 0.1) is 12.7 Å². The summed E-state index contributed by atoms with van der Waals surface area (Å²) in [5.74, 6) is -0.903. The molecule has 0 amide bonds. The van der Waals surface area contributed by atoms with Gasteiger partial charge in [-0.2, -0.15) is 23.4 Å². The predicted octanol–water partition coefficient (Wildman–Crippen LogP) is 6.20. The number of ether oxygens (including phenoxy) is 1. The molecule has 12 heteroatoms. The van der Waals surface area contributed by atoms with Gasteiger partial charge in [0.1, 0.15) is 11.5 Å². The van der Waals surface area contributed by atoms with Gasteiger partial charge in [-0.3, -0.25) is 0 Å². The normalized spacial score (nSPS) is 12.8. The molecule has 2 aliphatic rings. The van der Waals surface area contributed by atoms with E-state index in [9.17, 15) is 22.4 Å². The molecule has 0 aliphatic carbocycles. The Morgan fingerprint density at radius 2 is 1.68 bits per heavy atom. The van der Waals surface area contributed by atoms with Gasteiger partial charge in [-0.1, -0.05) is 29.8 Å². The fourth-order valence-electron chi connectivity index (χ4n) is 4.78. The highest BCUT2D eigenvalue weighted by Gasteiger charge is 2.34. The van der Waals surface area contributed by atoms with Crippen molar-refractivity contribution in [2.24, 2.45) is 0 Å². The molecular weight excluding hydrogens is 576 g/mol. The number of rotatable bonds is 9. The average molecular weight is 608 g/mol. The van der Waals surface area contributed by atoms with Gasteiger partial charge in [0.25, 0.3) is 0 Å².